The summed E-state index contributed by atoms with van der Waals surface area (Å²) < 4.78 is 17.1. The van der Waals surface area contributed by atoms with Gasteiger partial charge in [-0.05, 0) is 48.1 Å². The highest BCUT2D eigenvalue weighted by molar-refractivity contribution is 5.95. The summed E-state index contributed by atoms with van der Waals surface area (Å²) in [5.41, 5.74) is 3.14. The first kappa shape index (κ1) is 27.1. The zero-order chi connectivity index (χ0) is 26.2. The number of aliphatic hydroxyl groups excluding tert-OH is 1. The van der Waals surface area contributed by atoms with Crippen LogP contribution < -0.4 is 14.8 Å². The predicted octanol–water partition coefficient (Wildman–Crippen LogP) is 3.83. The van der Waals surface area contributed by atoms with Crippen LogP contribution in [0.3, 0.4) is 0 Å². The van der Waals surface area contributed by atoms with E-state index in [1.165, 1.54) is 0 Å². The molecule has 36 heavy (non-hydrogen) atoms. The molecule has 2 aromatic carbocycles. The van der Waals surface area contributed by atoms with Crippen molar-refractivity contribution in [2.24, 2.45) is 11.8 Å². The number of hydrogen-bond acceptors (Lipinski definition) is 6. The highest BCUT2D eigenvalue weighted by atomic mass is 16.5. The van der Waals surface area contributed by atoms with Crippen LogP contribution in [0.1, 0.15) is 53.7 Å². The highest BCUT2D eigenvalue weighted by Crippen LogP contribution is 2.35. The minimum Gasteiger partial charge on any atom is -0.497 e. The Balaban J connectivity index is 1.69. The number of terminal acetylenes is 1. The predicted molar refractivity (Wildman–Crippen MR) is 137 cm³/mol. The van der Waals surface area contributed by atoms with Crippen LogP contribution in [0.4, 0.5) is 0 Å². The van der Waals surface area contributed by atoms with Crippen molar-refractivity contribution in [3.05, 3.63) is 58.7 Å². The fraction of sp³-hybridized carbons (Fsp3) is 0.448. The SMILES string of the molecule is C#CC[C@@H](C)C(=O)NC(CO)C[C@H](C)[C@H]1Cc2ccc(C)c(OCc3ccc(OC)cc3)c2C(=O)O1. The molecule has 0 aliphatic carbocycles. The number of rotatable bonds is 11. The molecule has 0 bridgehead atoms. The van der Waals surface area contributed by atoms with E-state index in [2.05, 4.69) is 11.2 Å². The van der Waals surface area contributed by atoms with E-state index >= 15 is 0 Å². The molecule has 0 aromatic heterocycles. The van der Waals surface area contributed by atoms with Crippen LogP contribution in [0.25, 0.3) is 0 Å². The average molecular weight is 494 g/mol. The Hall–Kier alpha value is -3.50. The Morgan fingerprint density at radius 2 is 1.97 bits per heavy atom. The summed E-state index contributed by atoms with van der Waals surface area (Å²) in [5, 5.41) is 12.7. The molecule has 7 nitrogen and oxygen atoms in total. The molecule has 0 saturated heterocycles. The second-order valence-electron chi connectivity index (χ2n) is 9.44. The first-order chi connectivity index (χ1) is 17.3. The van der Waals surface area contributed by atoms with Crippen LogP contribution in [0.2, 0.25) is 0 Å². The second kappa shape index (κ2) is 12.5. The van der Waals surface area contributed by atoms with Gasteiger partial charge < -0.3 is 24.6 Å². The number of ether oxygens (including phenoxy) is 3. The highest BCUT2D eigenvalue weighted by Gasteiger charge is 2.34. The van der Waals surface area contributed by atoms with Gasteiger partial charge in [-0.1, -0.05) is 38.1 Å². The number of carbonyl (C=O) groups excluding carboxylic acids is 2. The summed E-state index contributed by atoms with van der Waals surface area (Å²) in [6, 6.07) is 11.0. The number of esters is 1. The smallest absolute Gasteiger partial charge is 0.342 e. The molecular formula is C29H35NO6. The number of benzene rings is 2. The van der Waals surface area contributed by atoms with Gasteiger partial charge in [-0.15, -0.1) is 12.3 Å². The van der Waals surface area contributed by atoms with Gasteiger partial charge in [0.05, 0.1) is 19.8 Å². The van der Waals surface area contributed by atoms with Gasteiger partial charge in [-0.25, -0.2) is 4.79 Å². The Morgan fingerprint density at radius 3 is 2.61 bits per heavy atom. The van der Waals surface area contributed by atoms with Crippen molar-refractivity contribution in [3.8, 4) is 23.8 Å². The first-order valence-corrected chi connectivity index (χ1v) is 12.2. The number of methoxy groups -OCH3 is 1. The summed E-state index contributed by atoms with van der Waals surface area (Å²) in [7, 11) is 1.62. The van der Waals surface area contributed by atoms with E-state index in [4.69, 9.17) is 20.6 Å². The number of aliphatic hydroxyl groups is 1. The van der Waals surface area contributed by atoms with E-state index in [-0.39, 0.29) is 30.5 Å². The van der Waals surface area contributed by atoms with Gasteiger partial charge in [-0.3, -0.25) is 4.79 Å². The molecule has 3 rings (SSSR count). The van der Waals surface area contributed by atoms with Crippen molar-refractivity contribution in [2.75, 3.05) is 13.7 Å². The third-order valence-corrected chi connectivity index (χ3v) is 6.60. The molecule has 1 aliphatic rings. The Bertz CT molecular complexity index is 1100. The summed E-state index contributed by atoms with van der Waals surface area (Å²) in [6.45, 7) is 5.71. The van der Waals surface area contributed by atoms with Gasteiger partial charge in [0.1, 0.15) is 29.8 Å². The molecule has 7 heteroatoms. The fourth-order valence-corrected chi connectivity index (χ4v) is 4.35. The van der Waals surface area contributed by atoms with Crippen LogP contribution in [0.5, 0.6) is 11.5 Å². The number of carbonyl (C=O) groups is 2. The lowest BCUT2D eigenvalue weighted by molar-refractivity contribution is -0.125. The first-order valence-electron chi connectivity index (χ1n) is 12.2. The van der Waals surface area contributed by atoms with Gasteiger partial charge in [-0.2, -0.15) is 0 Å². The van der Waals surface area contributed by atoms with Crippen molar-refractivity contribution in [1.29, 1.82) is 0 Å². The van der Waals surface area contributed by atoms with E-state index in [1.807, 2.05) is 50.2 Å². The van der Waals surface area contributed by atoms with Crippen LogP contribution in [0, 0.1) is 31.1 Å². The van der Waals surface area contributed by atoms with Crippen LogP contribution in [-0.4, -0.2) is 42.8 Å². The maximum Gasteiger partial charge on any atom is 0.342 e. The average Bonchev–Trinajstić information content (AvgIpc) is 2.88. The third-order valence-electron chi connectivity index (χ3n) is 6.60. The zero-order valence-corrected chi connectivity index (χ0v) is 21.4. The van der Waals surface area contributed by atoms with Crippen LogP contribution >= 0.6 is 0 Å². The summed E-state index contributed by atoms with van der Waals surface area (Å²) in [4.78, 5) is 25.4. The van der Waals surface area contributed by atoms with Gasteiger partial charge in [0.15, 0.2) is 0 Å². The van der Waals surface area contributed by atoms with Gasteiger partial charge >= 0.3 is 5.97 Å². The molecule has 0 spiro atoms. The molecule has 0 fully saturated rings. The molecule has 1 aliphatic heterocycles. The largest absolute Gasteiger partial charge is 0.497 e. The number of cyclic esters (lactones) is 1. The minimum absolute atomic E-state index is 0.0903. The van der Waals surface area contributed by atoms with Gasteiger partial charge in [0, 0.05) is 18.8 Å². The van der Waals surface area contributed by atoms with E-state index in [0.717, 1.165) is 22.4 Å². The molecular weight excluding hydrogens is 458 g/mol. The Kier molecular flexibility index (Phi) is 9.38. The van der Waals surface area contributed by atoms with Crippen molar-refractivity contribution in [3.63, 3.8) is 0 Å². The third kappa shape index (κ3) is 6.58. The van der Waals surface area contributed by atoms with Crippen molar-refractivity contribution in [1.82, 2.24) is 5.32 Å². The van der Waals surface area contributed by atoms with Gasteiger partial charge in [0.2, 0.25) is 5.91 Å². The molecule has 4 atom stereocenters. The molecule has 0 radical (unpaired) electrons. The van der Waals surface area contributed by atoms with Crippen molar-refractivity contribution in [2.45, 2.75) is 58.8 Å². The van der Waals surface area contributed by atoms with Crippen molar-refractivity contribution >= 4 is 11.9 Å². The second-order valence-corrected chi connectivity index (χ2v) is 9.44. The van der Waals surface area contributed by atoms with Crippen LogP contribution in [0.15, 0.2) is 36.4 Å². The maximum atomic E-state index is 13.1. The molecule has 2 N–H and O–H groups in total. The monoisotopic (exact) mass is 493 g/mol. The fourth-order valence-electron chi connectivity index (χ4n) is 4.35. The Morgan fingerprint density at radius 1 is 1.25 bits per heavy atom. The van der Waals surface area contributed by atoms with E-state index in [9.17, 15) is 14.7 Å². The van der Waals surface area contributed by atoms with E-state index in [1.54, 1.807) is 14.0 Å². The van der Waals surface area contributed by atoms with Crippen molar-refractivity contribution < 1.29 is 28.9 Å². The molecule has 192 valence electrons. The lowest BCUT2D eigenvalue weighted by Gasteiger charge is -2.32. The quantitative estimate of drug-likeness (QED) is 0.365. The topological polar surface area (TPSA) is 94.1 Å². The van der Waals surface area contributed by atoms with Gasteiger partial charge in [0.25, 0.3) is 0 Å². The number of hydrogen-bond donors (Lipinski definition) is 2. The standard InChI is InChI=1S/C29H35NO6/c1-6-7-19(3)28(32)30-23(16-31)14-20(4)25-15-22-11-8-18(2)27(26(22)29(33)36-25)35-17-21-9-12-24(34-5)13-10-21/h1,8-13,19-20,23,25,31H,7,14-17H2,2-5H3,(H,30,32)/t19-,20+,23?,25-/m1/s1. The number of amides is 1. The van der Waals surface area contributed by atoms with E-state index < -0.39 is 12.0 Å². The zero-order valence-electron chi connectivity index (χ0n) is 21.4. The maximum absolute atomic E-state index is 13.1. The lowest BCUT2D eigenvalue weighted by Crippen LogP contribution is -2.43. The number of fused-ring (bicyclic) bond motifs is 1. The van der Waals surface area contributed by atoms with E-state index in [0.29, 0.717) is 37.2 Å². The number of aryl methyl sites for hydroxylation is 1. The molecule has 1 heterocycles. The lowest BCUT2D eigenvalue weighted by atomic mass is 9.87. The Labute approximate surface area is 213 Å². The minimum atomic E-state index is -0.450. The molecule has 2 aromatic rings. The normalized spacial score (nSPS) is 17.1. The summed E-state index contributed by atoms with van der Waals surface area (Å²) >= 11 is 0. The van der Waals surface area contributed by atoms with Crippen LogP contribution in [-0.2, 0) is 22.6 Å². The summed E-state index contributed by atoms with van der Waals surface area (Å²) in [6.07, 6.45) is 6.24. The molecule has 1 amide bonds. The number of nitrogens with one attached hydrogen (secondary N) is 1. The molecule has 1 unspecified atom stereocenters. The molecule has 0 saturated carbocycles. The summed E-state index contributed by atoms with van der Waals surface area (Å²) in [5.74, 6) is 2.73.